The molecule has 2 unspecified atom stereocenters. The number of nitrogens with one attached hydrogen (secondary N) is 1. The van der Waals surface area contributed by atoms with E-state index in [2.05, 4.69) is 10.4 Å². The first-order valence-electron chi connectivity index (χ1n) is 10.2. The monoisotopic (exact) mass is 442 g/mol. The maximum absolute atomic E-state index is 13.6. The highest BCUT2D eigenvalue weighted by Crippen LogP contribution is 2.35. The molecule has 3 aliphatic heterocycles. The van der Waals surface area contributed by atoms with Crippen LogP contribution in [0.3, 0.4) is 0 Å². The van der Waals surface area contributed by atoms with E-state index < -0.39 is 23.8 Å². The Hall–Kier alpha value is -3.69. The van der Waals surface area contributed by atoms with Gasteiger partial charge in [-0.15, -0.1) is 0 Å². The van der Waals surface area contributed by atoms with E-state index in [9.17, 15) is 18.4 Å². The van der Waals surface area contributed by atoms with Crippen molar-refractivity contribution in [1.82, 2.24) is 9.91 Å². The van der Waals surface area contributed by atoms with Gasteiger partial charge in [-0.3, -0.25) is 4.79 Å². The molecule has 0 aliphatic carbocycles. The van der Waals surface area contributed by atoms with Crippen LogP contribution in [-0.2, 0) is 4.79 Å². The topological polar surface area (TPSA) is 83.5 Å². The van der Waals surface area contributed by atoms with Crippen molar-refractivity contribution in [2.75, 3.05) is 18.4 Å². The lowest BCUT2D eigenvalue weighted by molar-refractivity contribution is -0.122. The fourth-order valence-electron chi connectivity index (χ4n) is 3.91. The molecule has 1 N–H and O–H groups in total. The molecule has 2 aromatic carbocycles. The number of benzene rings is 2. The fraction of sp³-hybridized carbons (Fsp3) is 0.318. The summed E-state index contributed by atoms with van der Waals surface area (Å²) in [6.07, 6.45) is 1.15. The maximum Gasteiger partial charge on any atom is 0.341 e. The van der Waals surface area contributed by atoms with E-state index in [-0.39, 0.29) is 18.0 Å². The van der Waals surface area contributed by atoms with Crippen molar-refractivity contribution in [1.29, 1.82) is 0 Å². The highest BCUT2D eigenvalue weighted by atomic mass is 19.1. The minimum absolute atomic E-state index is 0.228. The Morgan fingerprint density at radius 1 is 1.19 bits per heavy atom. The molecule has 0 aromatic heterocycles. The molecule has 3 aliphatic rings. The maximum atomic E-state index is 13.6. The molecule has 1 fully saturated rings. The number of likely N-dealkylation sites (tertiary alicyclic amines) is 1. The normalized spacial score (nSPS) is 22.2. The second kappa shape index (κ2) is 7.77. The highest BCUT2D eigenvalue weighted by molar-refractivity contribution is 5.97. The van der Waals surface area contributed by atoms with Gasteiger partial charge >= 0.3 is 6.03 Å². The number of anilines is 1. The highest BCUT2D eigenvalue weighted by Gasteiger charge is 2.39. The predicted octanol–water partition coefficient (Wildman–Crippen LogP) is 3.30. The number of urea groups is 1. The number of fused-ring (bicyclic) bond motifs is 1. The van der Waals surface area contributed by atoms with E-state index in [0.29, 0.717) is 42.3 Å². The quantitative estimate of drug-likeness (QED) is 0.791. The number of nitrogens with zero attached hydrogens (tertiary/aromatic N) is 3. The molecule has 166 valence electrons. The molecule has 0 radical (unpaired) electrons. The third-order valence-corrected chi connectivity index (χ3v) is 5.60. The molecule has 0 saturated carbocycles. The van der Waals surface area contributed by atoms with E-state index >= 15 is 0 Å². The summed E-state index contributed by atoms with van der Waals surface area (Å²) in [7, 11) is 0. The molecule has 5 rings (SSSR count). The van der Waals surface area contributed by atoms with Crippen molar-refractivity contribution >= 4 is 23.8 Å². The van der Waals surface area contributed by atoms with Gasteiger partial charge in [0.05, 0.1) is 24.8 Å². The third-order valence-electron chi connectivity index (χ3n) is 5.60. The van der Waals surface area contributed by atoms with Gasteiger partial charge in [0.25, 0.3) is 5.91 Å². The van der Waals surface area contributed by atoms with E-state index in [1.165, 1.54) is 17.1 Å². The van der Waals surface area contributed by atoms with Crippen molar-refractivity contribution in [3.05, 3.63) is 53.6 Å². The minimum atomic E-state index is -0.696. The standard InChI is InChI=1S/C22H20F2N4O4/c1-12-21(29)26-18-9-16(2-3-20(18)31-12)32-17-10-27(11-17)22(30)28-19(4-5-25-28)13-6-14(23)8-15(24)7-13/h2-3,5-9,12,17,19H,4,10-11H2,1H3,(H,26,29). The average Bonchev–Trinajstić information content (AvgIpc) is 3.20. The fourth-order valence-corrected chi connectivity index (χ4v) is 3.91. The van der Waals surface area contributed by atoms with Gasteiger partial charge in [-0.1, -0.05) is 0 Å². The summed E-state index contributed by atoms with van der Waals surface area (Å²) in [6.45, 7) is 2.35. The molecule has 2 aromatic rings. The molecule has 2 atom stereocenters. The molecule has 32 heavy (non-hydrogen) atoms. The number of hydrazone groups is 1. The number of carbonyl (C=O) groups excluding carboxylic acids is 2. The number of hydrogen-bond acceptors (Lipinski definition) is 5. The van der Waals surface area contributed by atoms with Crippen LogP contribution < -0.4 is 14.8 Å². The Balaban J connectivity index is 1.20. The Kier molecular flexibility index (Phi) is 4.91. The van der Waals surface area contributed by atoms with Crippen molar-refractivity contribution in [2.45, 2.75) is 31.6 Å². The van der Waals surface area contributed by atoms with Gasteiger partial charge in [0.15, 0.2) is 6.10 Å². The Morgan fingerprint density at radius 2 is 1.94 bits per heavy atom. The number of amides is 3. The molecule has 0 bridgehead atoms. The SMILES string of the molecule is CC1Oc2ccc(OC3CN(C(=O)N4N=CCC4c4cc(F)cc(F)c4)C3)cc2NC1=O. The van der Waals surface area contributed by atoms with Crippen LogP contribution in [0.5, 0.6) is 11.5 Å². The summed E-state index contributed by atoms with van der Waals surface area (Å²) in [5, 5.41) is 8.12. The van der Waals surface area contributed by atoms with Crippen LogP contribution in [0.1, 0.15) is 24.9 Å². The largest absolute Gasteiger partial charge is 0.487 e. The number of halogens is 2. The Labute approximate surface area is 182 Å². The summed E-state index contributed by atoms with van der Waals surface area (Å²) in [4.78, 5) is 26.2. The lowest BCUT2D eigenvalue weighted by Gasteiger charge is -2.41. The van der Waals surface area contributed by atoms with Crippen molar-refractivity contribution in [3.63, 3.8) is 0 Å². The average molecular weight is 442 g/mol. The zero-order valence-electron chi connectivity index (χ0n) is 17.1. The van der Waals surface area contributed by atoms with Gasteiger partial charge in [0, 0.05) is 24.8 Å². The smallest absolute Gasteiger partial charge is 0.341 e. The number of ether oxygens (including phenoxy) is 2. The van der Waals surface area contributed by atoms with Gasteiger partial charge in [0.2, 0.25) is 0 Å². The second-order valence-corrected chi connectivity index (χ2v) is 7.93. The number of hydrogen-bond donors (Lipinski definition) is 1. The van der Waals surface area contributed by atoms with Crippen molar-refractivity contribution < 1.29 is 27.8 Å². The van der Waals surface area contributed by atoms with Crippen LogP contribution >= 0.6 is 0 Å². The van der Waals surface area contributed by atoms with Crippen molar-refractivity contribution in [3.8, 4) is 11.5 Å². The lowest BCUT2D eigenvalue weighted by Crippen LogP contribution is -2.58. The first kappa shape index (κ1) is 20.2. The van der Waals surface area contributed by atoms with Crippen LogP contribution in [0, 0.1) is 11.6 Å². The molecule has 3 amide bonds. The van der Waals surface area contributed by atoms with Gasteiger partial charge < -0.3 is 19.7 Å². The van der Waals surface area contributed by atoms with Crippen molar-refractivity contribution in [2.24, 2.45) is 5.10 Å². The zero-order chi connectivity index (χ0) is 22.4. The zero-order valence-corrected chi connectivity index (χ0v) is 17.1. The predicted molar refractivity (Wildman–Crippen MR) is 111 cm³/mol. The Bertz CT molecular complexity index is 1100. The van der Waals surface area contributed by atoms with Gasteiger partial charge in [-0.2, -0.15) is 5.10 Å². The third kappa shape index (κ3) is 3.72. The number of carbonyl (C=O) groups is 2. The second-order valence-electron chi connectivity index (χ2n) is 7.93. The molecular weight excluding hydrogens is 422 g/mol. The van der Waals surface area contributed by atoms with E-state index in [1.807, 2.05) is 0 Å². The lowest BCUT2D eigenvalue weighted by atomic mass is 10.0. The first-order valence-corrected chi connectivity index (χ1v) is 10.2. The molecule has 3 heterocycles. The van der Waals surface area contributed by atoms with E-state index in [0.717, 1.165) is 6.07 Å². The molecule has 1 saturated heterocycles. The van der Waals surface area contributed by atoms with Crippen LogP contribution in [0.15, 0.2) is 41.5 Å². The molecule has 0 spiro atoms. The van der Waals surface area contributed by atoms with Crippen LogP contribution in [-0.4, -0.2) is 53.4 Å². The van der Waals surface area contributed by atoms with Crippen LogP contribution in [0.4, 0.5) is 19.3 Å². The van der Waals surface area contributed by atoms with Crippen LogP contribution in [0.25, 0.3) is 0 Å². The van der Waals surface area contributed by atoms with Gasteiger partial charge in [0.1, 0.15) is 29.2 Å². The molecular formula is C22H20F2N4O4. The molecule has 8 nitrogen and oxygen atoms in total. The first-order chi connectivity index (χ1) is 15.4. The van der Waals surface area contributed by atoms with E-state index in [4.69, 9.17) is 9.47 Å². The minimum Gasteiger partial charge on any atom is -0.487 e. The summed E-state index contributed by atoms with van der Waals surface area (Å²) in [5.41, 5.74) is 0.892. The van der Waals surface area contributed by atoms with Gasteiger partial charge in [-0.25, -0.2) is 18.6 Å². The Morgan fingerprint density at radius 3 is 2.69 bits per heavy atom. The molecule has 10 heteroatoms. The summed E-state index contributed by atoms with van der Waals surface area (Å²) < 4.78 is 38.6. The summed E-state index contributed by atoms with van der Waals surface area (Å²) in [6, 6.07) is 7.46. The summed E-state index contributed by atoms with van der Waals surface area (Å²) >= 11 is 0. The van der Waals surface area contributed by atoms with Crippen LogP contribution in [0.2, 0.25) is 0 Å². The number of rotatable bonds is 3. The van der Waals surface area contributed by atoms with E-state index in [1.54, 1.807) is 36.2 Å². The summed E-state index contributed by atoms with van der Waals surface area (Å²) in [5.74, 6) is -0.502. The van der Waals surface area contributed by atoms with Gasteiger partial charge in [-0.05, 0) is 36.8 Å².